The molecule has 2 N–H and O–H groups in total. The molecule has 1 aliphatic rings. The first-order chi connectivity index (χ1) is 13.6. The molecular formula is C21H24ClN4OS+. The van der Waals surface area contributed by atoms with Crippen molar-refractivity contribution in [1.82, 2.24) is 14.3 Å². The number of nitrogens with zero attached hydrogens (tertiary/aromatic N) is 3. The summed E-state index contributed by atoms with van der Waals surface area (Å²) < 4.78 is 4.67. The Kier molecular flexibility index (Phi) is 5.92. The lowest BCUT2D eigenvalue weighted by Gasteiger charge is -2.26. The Labute approximate surface area is 174 Å². The number of quaternary nitrogens is 1. The Morgan fingerprint density at radius 1 is 1.14 bits per heavy atom. The minimum atomic E-state index is -0.236. The van der Waals surface area contributed by atoms with Crippen molar-refractivity contribution in [2.24, 2.45) is 0 Å². The first-order valence-corrected chi connectivity index (χ1v) is 10.4. The third kappa shape index (κ3) is 4.36. The Balaban J connectivity index is 1.70. The molecule has 1 fully saturated rings. The van der Waals surface area contributed by atoms with Crippen LogP contribution in [-0.4, -0.2) is 38.6 Å². The van der Waals surface area contributed by atoms with Crippen molar-refractivity contribution in [3.63, 3.8) is 0 Å². The number of aliphatic hydroxyl groups is 1. The molecule has 7 heteroatoms. The average Bonchev–Trinajstić information content (AvgIpc) is 2.99. The largest absolute Gasteiger partial charge is 0.387 e. The van der Waals surface area contributed by atoms with Gasteiger partial charge in [0.1, 0.15) is 12.6 Å². The van der Waals surface area contributed by atoms with E-state index in [0.29, 0.717) is 23.0 Å². The Morgan fingerprint density at radius 2 is 1.89 bits per heavy atom. The third-order valence-electron chi connectivity index (χ3n) is 5.17. The van der Waals surface area contributed by atoms with Crippen LogP contribution in [0, 0.1) is 4.77 Å². The number of likely N-dealkylation sites (tertiary alicyclic amines) is 1. The van der Waals surface area contributed by atoms with Crippen LogP contribution in [0.3, 0.4) is 0 Å². The Bertz CT molecular complexity index is 984. The Morgan fingerprint density at radius 3 is 2.61 bits per heavy atom. The number of halogens is 1. The van der Waals surface area contributed by atoms with E-state index in [1.54, 1.807) is 0 Å². The maximum atomic E-state index is 9.99. The van der Waals surface area contributed by atoms with Gasteiger partial charge in [0.15, 0.2) is 12.5 Å². The molecule has 5 nitrogen and oxygen atoms in total. The lowest BCUT2D eigenvalue weighted by Crippen LogP contribution is -3.13. The van der Waals surface area contributed by atoms with Crippen LogP contribution < -0.4 is 4.90 Å². The van der Waals surface area contributed by atoms with Gasteiger partial charge in [-0.3, -0.25) is 4.57 Å². The molecule has 2 aromatic carbocycles. The van der Waals surface area contributed by atoms with Gasteiger partial charge < -0.3 is 10.0 Å². The summed E-state index contributed by atoms with van der Waals surface area (Å²) in [5.41, 5.74) is 2.16. The van der Waals surface area contributed by atoms with Gasteiger partial charge in [-0.2, -0.15) is 4.68 Å². The lowest BCUT2D eigenvalue weighted by molar-refractivity contribution is -0.931. The molecule has 28 heavy (non-hydrogen) atoms. The molecule has 3 aromatic rings. The van der Waals surface area contributed by atoms with Crippen LogP contribution in [0.5, 0.6) is 0 Å². The molecule has 146 valence electrons. The van der Waals surface area contributed by atoms with Crippen LogP contribution in [0.4, 0.5) is 0 Å². The van der Waals surface area contributed by atoms with Crippen molar-refractivity contribution >= 4 is 23.8 Å². The van der Waals surface area contributed by atoms with Crippen molar-refractivity contribution < 1.29 is 10.0 Å². The predicted molar refractivity (Wildman–Crippen MR) is 113 cm³/mol. The molecule has 1 aromatic heterocycles. The smallest absolute Gasteiger partial charge is 0.203 e. The summed E-state index contributed by atoms with van der Waals surface area (Å²) in [6.07, 6.45) is 1.67. The van der Waals surface area contributed by atoms with E-state index < -0.39 is 0 Å². The second kappa shape index (κ2) is 8.57. The van der Waals surface area contributed by atoms with Gasteiger partial charge in [-0.1, -0.05) is 41.9 Å². The minimum absolute atomic E-state index is 0.236. The van der Waals surface area contributed by atoms with Crippen LogP contribution in [0.25, 0.3) is 11.4 Å². The number of hydrogen-bond donors (Lipinski definition) is 2. The summed E-state index contributed by atoms with van der Waals surface area (Å²) in [6.45, 7) is 3.10. The van der Waals surface area contributed by atoms with Crippen molar-refractivity contribution in [1.29, 1.82) is 0 Å². The van der Waals surface area contributed by atoms with Gasteiger partial charge in [-0.05, 0) is 54.9 Å². The number of aromatic nitrogens is 3. The molecule has 1 saturated heterocycles. The van der Waals surface area contributed by atoms with E-state index in [-0.39, 0.29) is 6.10 Å². The quantitative estimate of drug-likeness (QED) is 0.630. The fourth-order valence-corrected chi connectivity index (χ4v) is 4.13. The van der Waals surface area contributed by atoms with E-state index in [4.69, 9.17) is 28.9 Å². The highest BCUT2D eigenvalue weighted by Gasteiger charge is 2.23. The van der Waals surface area contributed by atoms with Gasteiger partial charge in [0.05, 0.1) is 13.1 Å². The lowest BCUT2D eigenvalue weighted by atomic mass is 10.1. The van der Waals surface area contributed by atoms with Crippen LogP contribution in [0.1, 0.15) is 18.4 Å². The first-order valence-electron chi connectivity index (χ1n) is 9.59. The molecule has 4 rings (SSSR count). The van der Waals surface area contributed by atoms with Crippen molar-refractivity contribution in [2.75, 3.05) is 13.1 Å². The zero-order valence-corrected chi connectivity index (χ0v) is 17.2. The van der Waals surface area contributed by atoms with Gasteiger partial charge in [-0.25, -0.2) is 0 Å². The standard InChI is InChI=1S/C21H23ClN4OS/c22-18-10-8-17(9-11-18)20-23-26(15-24-12-4-7-19(27)14-24)21(28)25(20)13-16-5-2-1-3-6-16/h1-3,5-6,8-11,19,27H,4,7,12-15H2/p+1/t19-/m1/s1. The zero-order valence-electron chi connectivity index (χ0n) is 15.6. The van der Waals surface area contributed by atoms with E-state index in [9.17, 15) is 5.11 Å². The highest BCUT2D eigenvalue weighted by molar-refractivity contribution is 7.71. The van der Waals surface area contributed by atoms with E-state index in [2.05, 4.69) is 16.7 Å². The normalized spacial score (nSPS) is 19.6. The maximum absolute atomic E-state index is 9.99. The van der Waals surface area contributed by atoms with Crippen molar-refractivity contribution in [3.05, 3.63) is 70.0 Å². The number of aliphatic hydroxyl groups excluding tert-OH is 1. The van der Waals surface area contributed by atoms with Gasteiger partial charge in [0.25, 0.3) is 0 Å². The molecule has 0 spiro atoms. The van der Waals surface area contributed by atoms with Crippen LogP contribution in [0.15, 0.2) is 54.6 Å². The molecule has 0 aliphatic carbocycles. The number of piperidine rings is 1. The topological polar surface area (TPSA) is 47.4 Å². The predicted octanol–water partition coefficient (Wildman–Crippen LogP) is 2.78. The summed E-state index contributed by atoms with van der Waals surface area (Å²) in [7, 11) is 0. The molecule has 1 unspecified atom stereocenters. The summed E-state index contributed by atoms with van der Waals surface area (Å²) in [5.74, 6) is 0.836. The fraction of sp³-hybridized carbons (Fsp3) is 0.333. The second-order valence-electron chi connectivity index (χ2n) is 7.34. The van der Waals surface area contributed by atoms with E-state index in [0.717, 1.165) is 37.3 Å². The van der Waals surface area contributed by atoms with Gasteiger partial charge in [0, 0.05) is 10.6 Å². The number of hydrogen-bond acceptors (Lipinski definition) is 3. The second-order valence-corrected chi connectivity index (χ2v) is 8.14. The van der Waals surface area contributed by atoms with Crippen molar-refractivity contribution in [3.8, 4) is 11.4 Å². The van der Waals surface area contributed by atoms with Gasteiger partial charge >= 0.3 is 0 Å². The molecule has 0 radical (unpaired) electrons. The fourth-order valence-electron chi connectivity index (χ4n) is 3.75. The van der Waals surface area contributed by atoms with E-state index in [1.165, 1.54) is 10.5 Å². The zero-order chi connectivity index (χ0) is 19.5. The minimum Gasteiger partial charge on any atom is -0.387 e. The third-order valence-corrected chi connectivity index (χ3v) is 5.86. The van der Waals surface area contributed by atoms with Crippen LogP contribution in [-0.2, 0) is 13.2 Å². The summed E-state index contributed by atoms with van der Waals surface area (Å²) in [4.78, 5) is 1.31. The number of nitrogens with one attached hydrogen (secondary N) is 1. The van der Waals surface area contributed by atoms with Gasteiger partial charge in [-0.15, -0.1) is 5.10 Å². The highest BCUT2D eigenvalue weighted by Crippen LogP contribution is 2.22. The molecule has 2 atom stereocenters. The molecule has 0 bridgehead atoms. The Hall–Kier alpha value is -1.99. The molecule has 0 saturated carbocycles. The number of benzene rings is 2. The maximum Gasteiger partial charge on any atom is 0.203 e. The summed E-state index contributed by atoms with van der Waals surface area (Å²) in [5, 5.41) is 15.5. The van der Waals surface area contributed by atoms with Crippen LogP contribution in [0.2, 0.25) is 5.02 Å². The van der Waals surface area contributed by atoms with E-state index in [1.807, 2.05) is 47.1 Å². The van der Waals surface area contributed by atoms with E-state index >= 15 is 0 Å². The molecular weight excluding hydrogens is 392 g/mol. The molecule has 2 heterocycles. The van der Waals surface area contributed by atoms with Crippen LogP contribution >= 0.6 is 23.8 Å². The van der Waals surface area contributed by atoms with Gasteiger partial charge in [0.2, 0.25) is 4.77 Å². The highest BCUT2D eigenvalue weighted by atomic mass is 35.5. The summed E-state index contributed by atoms with van der Waals surface area (Å²) >= 11 is 11.9. The SMILES string of the molecule is O[C@@H]1CCC[NH+](Cn2nc(-c3ccc(Cl)cc3)n(Cc3ccccc3)c2=S)C1. The average molecular weight is 416 g/mol. The first kappa shape index (κ1) is 19.3. The number of rotatable bonds is 5. The summed E-state index contributed by atoms with van der Waals surface area (Å²) in [6, 6.07) is 18.0. The monoisotopic (exact) mass is 415 g/mol. The molecule has 1 aliphatic heterocycles. The molecule has 0 amide bonds. The van der Waals surface area contributed by atoms with Crippen molar-refractivity contribution in [2.45, 2.75) is 32.2 Å².